The lowest BCUT2D eigenvalue weighted by Gasteiger charge is -2.31. The van der Waals surface area contributed by atoms with Crippen molar-refractivity contribution in [3.8, 4) is 5.75 Å². The third kappa shape index (κ3) is 2.60. The van der Waals surface area contributed by atoms with Crippen LogP contribution in [0, 0.1) is 5.41 Å². The molecule has 0 saturated carbocycles. The highest BCUT2D eigenvalue weighted by molar-refractivity contribution is 6.18. The molecule has 0 spiro atoms. The van der Waals surface area contributed by atoms with E-state index >= 15 is 0 Å². The maximum Gasteiger partial charge on any atom is 0.123 e. The van der Waals surface area contributed by atoms with Gasteiger partial charge in [0, 0.05) is 12.3 Å². The van der Waals surface area contributed by atoms with Gasteiger partial charge in [0.25, 0.3) is 0 Å². The van der Waals surface area contributed by atoms with Gasteiger partial charge in [0.2, 0.25) is 0 Å². The van der Waals surface area contributed by atoms with Crippen LogP contribution in [0.3, 0.4) is 0 Å². The fourth-order valence-electron chi connectivity index (χ4n) is 2.63. The molecule has 0 aliphatic carbocycles. The quantitative estimate of drug-likeness (QED) is 0.705. The van der Waals surface area contributed by atoms with Crippen molar-refractivity contribution in [1.29, 1.82) is 0 Å². The molecule has 0 bridgehead atoms. The van der Waals surface area contributed by atoms with Crippen LogP contribution in [0.25, 0.3) is 0 Å². The van der Waals surface area contributed by atoms with Gasteiger partial charge in [-0.25, -0.2) is 0 Å². The summed E-state index contributed by atoms with van der Waals surface area (Å²) in [7, 11) is 0. The summed E-state index contributed by atoms with van der Waals surface area (Å²) in [4.78, 5) is 0. The molecule has 2 heteroatoms. The zero-order chi connectivity index (χ0) is 12.3. The molecule has 17 heavy (non-hydrogen) atoms. The molecule has 0 radical (unpaired) electrons. The second-order valence-electron chi connectivity index (χ2n) is 5.10. The molecule has 1 nitrogen and oxygen atoms in total. The van der Waals surface area contributed by atoms with Crippen molar-refractivity contribution in [3.63, 3.8) is 0 Å². The van der Waals surface area contributed by atoms with E-state index in [1.807, 2.05) is 6.07 Å². The first-order valence-electron chi connectivity index (χ1n) is 6.53. The summed E-state index contributed by atoms with van der Waals surface area (Å²) >= 11 is 6.16. The standard InChI is InChI=1S/C15H21ClO/c1-3-15(4-2,11-16)10-13-9-12-7-5-6-8-14(12)17-13/h5-8,13H,3-4,9-11H2,1-2H3. The molecule has 0 amide bonds. The van der Waals surface area contributed by atoms with Crippen molar-refractivity contribution in [3.05, 3.63) is 29.8 Å². The largest absolute Gasteiger partial charge is 0.490 e. The number of para-hydroxylation sites is 1. The molecular formula is C15H21ClO. The molecule has 1 aromatic rings. The molecule has 0 N–H and O–H groups in total. The Labute approximate surface area is 109 Å². The van der Waals surface area contributed by atoms with Crippen LogP contribution < -0.4 is 4.74 Å². The van der Waals surface area contributed by atoms with Crippen LogP contribution in [0.2, 0.25) is 0 Å². The highest BCUT2D eigenvalue weighted by Gasteiger charge is 2.33. The molecule has 0 fully saturated rings. The Morgan fingerprint density at radius 2 is 2.00 bits per heavy atom. The van der Waals surface area contributed by atoms with E-state index in [-0.39, 0.29) is 5.41 Å². The topological polar surface area (TPSA) is 9.23 Å². The van der Waals surface area contributed by atoms with Gasteiger partial charge in [0.05, 0.1) is 0 Å². The van der Waals surface area contributed by atoms with Gasteiger partial charge < -0.3 is 4.74 Å². The minimum absolute atomic E-state index is 0.244. The summed E-state index contributed by atoms with van der Waals surface area (Å²) in [5, 5.41) is 0. The van der Waals surface area contributed by atoms with Crippen molar-refractivity contribution >= 4 is 11.6 Å². The molecule has 1 heterocycles. The first-order valence-corrected chi connectivity index (χ1v) is 7.07. The highest BCUT2D eigenvalue weighted by Crippen LogP contribution is 2.38. The van der Waals surface area contributed by atoms with Crippen LogP contribution in [0.5, 0.6) is 5.75 Å². The van der Waals surface area contributed by atoms with E-state index in [1.165, 1.54) is 5.56 Å². The number of ether oxygens (including phenoxy) is 1. The molecular weight excluding hydrogens is 232 g/mol. The van der Waals surface area contributed by atoms with Crippen molar-refractivity contribution in [2.24, 2.45) is 5.41 Å². The number of halogens is 1. The van der Waals surface area contributed by atoms with Crippen LogP contribution in [0.15, 0.2) is 24.3 Å². The van der Waals surface area contributed by atoms with Crippen LogP contribution >= 0.6 is 11.6 Å². The lowest BCUT2D eigenvalue weighted by molar-refractivity contribution is 0.140. The van der Waals surface area contributed by atoms with Crippen molar-refractivity contribution in [2.45, 2.75) is 45.6 Å². The van der Waals surface area contributed by atoms with Crippen molar-refractivity contribution in [1.82, 2.24) is 0 Å². The molecule has 1 aliphatic heterocycles. The lowest BCUT2D eigenvalue weighted by Crippen LogP contribution is -2.29. The zero-order valence-corrected chi connectivity index (χ0v) is 11.5. The van der Waals surface area contributed by atoms with Crippen LogP contribution in [-0.2, 0) is 6.42 Å². The zero-order valence-electron chi connectivity index (χ0n) is 10.7. The van der Waals surface area contributed by atoms with Gasteiger partial charge in [0.1, 0.15) is 11.9 Å². The molecule has 1 aliphatic rings. The van der Waals surface area contributed by atoms with Gasteiger partial charge in [-0.3, -0.25) is 0 Å². The van der Waals surface area contributed by atoms with E-state index in [1.54, 1.807) is 0 Å². The van der Waals surface area contributed by atoms with E-state index in [4.69, 9.17) is 16.3 Å². The van der Waals surface area contributed by atoms with Crippen LogP contribution in [0.4, 0.5) is 0 Å². The van der Waals surface area contributed by atoms with Crippen LogP contribution in [-0.4, -0.2) is 12.0 Å². The minimum Gasteiger partial charge on any atom is -0.490 e. The summed E-state index contributed by atoms with van der Waals surface area (Å²) in [5.41, 5.74) is 1.59. The average Bonchev–Trinajstić information content (AvgIpc) is 2.78. The predicted octanol–water partition coefficient (Wildman–Crippen LogP) is 4.43. The molecule has 1 unspecified atom stereocenters. The molecule has 2 rings (SSSR count). The first-order chi connectivity index (χ1) is 8.23. The summed E-state index contributed by atoms with van der Waals surface area (Å²) in [6.07, 6.45) is 4.67. The van der Waals surface area contributed by atoms with Crippen molar-refractivity contribution < 1.29 is 4.74 Å². The van der Waals surface area contributed by atoms with E-state index in [0.717, 1.165) is 37.3 Å². The Kier molecular flexibility index (Phi) is 3.98. The Bertz CT molecular complexity index is 338. The highest BCUT2D eigenvalue weighted by atomic mass is 35.5. The average molecular weight is 253 g/mol. The Hall–Kier alpha value is -0.690. The van der Waals surface area contributed by atoms with Gasteiger partial charge in [-0.1, -0.05) is 32.0 Å². The lowest BCUT2D eigenvalue weighted by atomic mass is 9.78. The van der Waals surface area contributed by atoms with E-state index < -0.39 is 0 Å². The molecule has 1 aromatic carbocycles. The van der Waals surface area contributed by atoms with Crippen molar-refractivity contribution in [2.75, 3.05) is 5.88 Å². The fraction of sp³-hybridized carbons (Fsp3) is 0.600. The van der Waals surface area contributed by atoms with Gasteiger partial charge >= 0.3 is 0 Å². The first kappa shape index (κ1) is 12.8. The van der Waals surface area contributed by atoms with Gasteiger partial charge in [0.15, 0.2) is 0 Å². The number of alkyl halides is 1. The summed E-state index contributed by atoms with van der Waals surface area (Å²) in [5.74, 6) is 1.80. The number of hydrogen-bond acceptors (Lipinski definition) is 1. The SMILES string of the molecule is CCC(CC)(CCl)CC1Cc2ccccc2O1. The van der Waals surface area contributed by atoms with Gasteiger partial charge in [-0.05, 0) is 36.3 Å². The van der Waals surface area contributed by atoms with E-state index in [0.29, 0.717) is 6.10 Å². The molecule has 1 atom stereocenters. The Morgan fingerprint density at radius 3 is 2.59 bits per heavy atom. The number of rotatable bonds is 5. The predicted molar refractivity (Wildman–Crippen MR) is 72.9 cm³/mol. The van der Waals surface area contributed by atoms with Gasteiger partial charge in [-0.15, -0.1) is 11.6 Å². The Balaban J connectivity index is 2.04. The molecule has 94 valence electrons. The minimum atomic E-state index is 0.244. The summed E-state index contributed by atoms with van der Waals surface area (Å²) < 4.78 is 6.01. The maximum absolute atomic E-state index is 6.16. The summed E-state index contributed by atoms with van der Waals surface area (Å²) in [6, 6.07) is 8.35. The van der Waals surface area contributed by atoms with E-state index in [2.05, 4.69) is 32.0 Å². The summed E-state index contributed by atoms with van der Waals surface area (Å²) in [6.45, 7) is 4.46. The monoisotopic (exact) mass is 252 g/mol. The second-order valence-corrected chi connectivity index (χ2v) is 5.36. The van der Waals surface area contributed by atoms with Gasteiger partial charge in [-0.2, -0.15) is 0 Å². The number of hydrogen-bond donors (Lipinski definition) is 0. The fourth-order valence-corrected chi connectivity index (χ4v) is 3.12. The number of fused-ring (bicyclic) bond motifs is 1. The third-order valence-corrected chi connectivity index (χ3v) is 4.72. The number of benzene rings is 1. The normalized spacial score (nSPS) is 18.9. The smallest absolute Gasteiger partial charge is 0.123 e. The maximum atomic E-state index is 6.16. The molecule has 0 saturated heterocycles. The van der Waals surface area contributed by atoms with Crippen LogP contribution in [0.1, 0.15) is 38.7 Å². The third-order valence-electron chi connectivity index (χ3n) is 4.16. The second kappa shape index (κ2) is 5.30. The van der Waals surface area contributed by atoms with E-state index in [9.17, 15) is 0 Å². The molecule has 0 aromatic heterocycles. The Morgan fingerprint density at radius 1 is 1.29 bits per heavy atom.